The number of hydrogen-bond acceptors (Lipinski definition) is 2. The fraction of sp³-hybridized carbons (Fsp3) is 0.929. The van der Waals surface area contributed by atoms with Gasteiger partial charge in [-0.15, -0.1) is 0 Å². The van der Waals surface area contributed by atoms with Crippen LogP contribution in [0.3, 0.4) is 0 Å². The minimum Gasteiger partial charge on any atom is -0.389 e. The molecule has 0 rings (SSSR count). The molecule has 0 aromatic carbocycles. The van der Waals surface area contributed by atoms with Crippen molar-refractivity contribution in [2.45, 2.75) is 66.2 Å². The van der Waals surface area contributed by atoms with Crippen molar-refractivity contribution in [3.8, 4) is 0 Å². The summed E-state index contributed by atoms with van der Waals surface area (Å²) in [5, 5.41) is 9.09. The van der Waals surface area contributed by atoms with Crippen molar-refractivity contribution in [2.75, 3.05) is 6.61 Å². The number of hydrogen-bond donors (Lipinski definition) is 1. The summed E-state index contributed by atoms with van der Waals surface area (Å²) in [5.41, 5.74) is -0.320. The van der Waals surface area contributed by atoms with E-state index in [1.165, 1.54) is 12.8 Å². The van der Waals surface area contributed by atoms with Crippen LogP contribution in [-0.2, 0) is 4.79 Å². The average Bonchev–Trinajstić information content (AvgIpc) is 2.31. The first-order chi connectivity index (χ1) is 7.52. The molecule has 0 aliphatic heterocycles. The van der Waals surface area contributed by atoms with Crippen LogP contribution >= 0.6 is 0 Å². The molecule has 96 valence electrons. The number of Topliss-reactive ketones (excluding diaryl/α,β-unsaturated/α-hetero) is 1. The SMILES string of the molecule is CCCCC(C)C(C)(CCCC)C(=O)CO. The van der Waals surface area contributed by atoms with Gasteiger partial charge in [-0.1, -0.05) is 53.4 Å². The zero-order valence-electron chi connectivity index (χ0n) is 11.4. The second-order valence-electron chi connectivity index (χ2n) is 5.15. The Morgan fingerprint density at radius 1 is 1.25 bits per heavy atom. The lowest BCUT2D eigenvalue weighted by atomic mass is 9.69. The Kier molecular flexibility index (Phi) is 7.65. The Morgan fingerprint density at radius 2 is 1.81 bits per heavy atom. The van der Waals surface area contributed by atoms with Crippen molar-refractivity contribution in [1.82, 2.24) is 0 Å². The van der Waals surface area contributed by atoms with Gasteiger partial charge in [-0.25, -0.2) is 0 Å². The molecular weight excluding hydrogens is 200 g/mol. The Bertz CT molecular complexity index is 201. The van der Waals surface area contributed by atoms with Crippen LogP contribution in [0.2, 0.25) is 0 Å². The van der Waals surface area contributed by atoms with Gasteiger partial charge in [-0.3, -0.25) is 4.79 Å². The summed E-state index contributed by atoms with van der Waals surface area (Å²) < 4.78 is 0. The highest BCUT2D eigenvalue weighted by Crippen LogP contribution is 2.37. The molecule has 0 radical (unpaired) electrons. The molecule has 2 unspecified atom stereocenters. The summed E-state index contributed by atoms with van der Waals surface area (Å²) in [6.07, 6.45) is 6.51. The Morgan fingerprint density at radius 3 is 2.25 bits per heavy atom. The molecule has 0 saturated carbocycles. The molecule has 2 nitrogen and oxygen atoms in total. The molecule has 0 bridgehead atoms. The van der Waals surface area contributed by atoms with E-state index in [1.54, 1.807) is 0 Å². The van der Waals surface area contributed by atoms with E-state index in [0.717, 1.165) is 25.7 Å². The monoisotopic (exact) mass is 228 g/mol. The molecule has 0 aliphatic carbocycles. The van der Waals surface area contributed by atoms with Gasteiger partial charge in [0.1, 0.15) is 6.61 Å². The minimum atomic E-state index is -0.320. The van der Waals surface area contributed by atoms with E-state index >= 15 is 0 Å². The molecule has 2 heteroatoms. The zero-order valence-corrected chi connectivity index (χ0v) is 11.4. The lowest BCUT2D eigenvalue weighted by Gasteiger charge is -2.34. The molecule has 2 atom stereocenters. The van der Waals surface area contributed by atoms with Gasteiger partial charge >= 0.3 is 0 Å². The first-order valence-corrected chi connectivity index (χ1v) is 6.67. The fourth-order valence-corrected chi connectivity index (χ4v) is 2.21. The van der Waals surface area contributed by atoms with E-state index in [9.17, 15) is 4.79 Å². The molecule has 0 heterocycles. The number of aliphatic hydroxyl groups excluding tert-OH is 1. The van der Waals surface area contributed by atoms with Crippen LogP contribution in [0.25, 0.3) is 0 Å². The molecular formula is C14H28O2. The molecule has 0 aliphatic rings. The van der Waals surface area contributed by atoms with Crippen molar-refractivity contribution < 1.29 is 9.90 Å². The quantitative estimate of drug-likeness (QED) is 0.655. The molecule has 0 amide bonds. The van der Waals surface area contributed by atoms with Gasteiger partial charge in [0, 0.05) is 5.41 Å². The van der Waals surface area contributed by atoms with E-state index in [0.29, 0.717) is 5.92 Å². The lowest BCUT2D eigenvalue weighted by molar-refractivity contribution is -0.134. The van der Waals surface area contributed by atoms with Crippen molar-refractivity contribution >= 4 is 5.78 Å². The standard InChI is InChI=1S/C14H28O2/c1-5-7-9-12(3)14(4,10-8-6-2)13(16)11-15/h12,15H,5-11H2,1-4H3. The van der Waals surface area contributed by atoms with E-state index < -0.39 is 0 Å². The van der Waals surface area contributed by atoms with Crippen LogP contribution in [0.4, 0.5) is 0 Å². The zero-order chi connectivity index (χ0) is 12.6. The van der Waals surface area contributed by atoms with Crippen molar-refractivity contribution in [3.05, 3.63) is 0 Å². The normalized spacial score (nSPS) is 16.8. The highest BCUT2D eigenvalue weighted by molar-refractivity contribution is 5.85. The maximum Gasteiger partial charge on any atom is 0.164 e. The van der Waals surface area contributed by atoms with E-state index in [1.807, 2.05) is 6.92 Å². The molecule has 0 saturated heterocycles. The molecule has 16 heavy (non-hydrogen) atoms. The minimum absolute atomic E-state index is 0.0181. The molecule has 0 spiro atoms. The molecule has 0 aromatic heterocycles. The van der Waals surface area contributed by atoms with Gasteiger partial charge in [-0.05, 0) is 18.8 Å². The predicted octanol–water partition coefficient (Wildman–Crippen LogP) is 3.57. The lowest BCUT2D eigenvalue weighted by Crippen LogP contribution is -2.36. The second kappa shape index (κ2) is 7.83. The third-order valence-electron chi connectivity index (χ3n) is 3.91. The van der Waals surface area contributed by atoms with Crippen molar-refractivity contribution in [3.63, 3.8) is 0 Å². The second-order valence-corrected chi connectivity index (χ2v) is 5.15. The molecule has 0 fully saturated rings. The number of carbonyl (C=O) groups is 1. The van der Waals surface area contributed by atoms with Crippen LogP contribution in [0.5, 0.6) is 0 Å². The van der Waals surface area contributed by atoms with Crippen molar-refractivity contribution in [2.24, 2.45) is 11.3 Å². The summed E-state index contributed by atoms with van der Waals surface area (Å²) in [6, 6.07) is 0. The van der Waals surface area contributed by atoms with Crippen LogP contribution in [-0.4, -0.2) is 17.5 Å². The number of rotatable bonds is 9. The van der Waals surface area contributed by atoms with Crippen LogP contribution in [0.15, 0.2) is 0 Å². The Balaban J connectivity index is 4.55. The smallest absolute Gasteiger partial charge is 0.164 e. The van der Waals surface area contributed by atoms with Gasteiger partial charge in [-0.2, -0.15) is 0 Å². The van der Waals surface area contributed by atoms with Gasteiger partial charge in [0.05, 0.1) is 0 Å². The average molecular weight is 228 g/mol. The Labute approximate surface area is 100 Å². The first kappa shape index (κ1) is 15.6. The van der Waals surface area contributed by atoms with Gasteiger partial charge < -0.3 is 5.11 Å². The van der Waals surface area contributed by atoms with Gasteiger partial charge in [0.15, 0.2) is 5.78 Å². The summed E-state index contributed by atoms with van der Waals surface area (Å²) >= 11 is 0. The summed E-state index contributed by atoms with van der Waals surface area (Å²) in [6.45, 7) is 8.18. The van der Waals surface area contributed by atoms with Crippen LogP contribution in [0.1, 0.15) is 66.2 Å². The van der Waals surface area contributed by atoms with E-state index in [4.69, 9.17) is 5.11 Å². The molecule has 1 N–H and O–H groups in total. The number of carbonyl (C=O) groups excluding carboxylic acids is 1. The van der Waals surface area contributed by atoms with E-state index in [2.05, 4.69) is 20.8 Å². The van der Waals surface area contributed by atoms with Gasteiger partial charge in [0.2, 0.25) is 0 Å². The van der Waals surface area contributed by atoms with Gasteiger partial charge in [0.25, 0.3) is 0 Å². The number of ketones is 1. The fourth-order valence-electron chi connectivity index (χ4n) is 2.21. The summed E-state index contributed by atoms with van der Waals surface area (Å²) in [4.78, 5) is 11.9. The third kappa shape index (κ3) is 4.25. The highest BCUT2D eigenvalue weighted by atomic mass is 16.3. The van der Waals surface area contributed by atoms with Crippen molar-refractivity contribution in [1.29, 1.82) is 0 Å². The Hall–Kier alpha value is -0.370. The number of unbranched alkanes of at least 4 members (excludes halogenated alkanes) is 2. The van der Waals surface area contributed by atoms with Crippen LogP contribution in [0, 0.1) is 11.3 Å². The summed E-state index contributed by atoms with van der Waals surface area (Å²) in [5.74, 6) is 0.392. The van der Waals surface area contributed by atoms with Crippen LogP contribution < -0.4 is 0 Å². The maximum absolute atomic E-state index is 11.9. The predicted molar refractivity (Wildman–Crippen MR) is 68.4 cm³/mol. The first-order valence-electron chi connectivity index (χ1n) is 6.67. The maximum atomic E-state index is 11.9. The largest absolute Gasteiger partial charge is 0.389 e. The highest BCUT2D eigenvalue weighted by Gasteiger charge is 2.36. The summed E-state index contributed by atoms with van der Waals surface area (Å²) in [7, 11) is 0. The van der Waals surface area contributed by atoms with E-state index in [-0.39, 0.29) is 17.8 Å². The molecule has 0 aromatic rings. The number of aliphatic hydroxyl groups is 1. The topological polar surface area (TPSA) is 37.3 Å². The third-order valence-corrected chi connectivity index (χ3v) is 3.91.